The zero-order valence-electron chi connectivity index (χ0n) is 15.8. The fourth-order valence-corrected chi connectivity index (χ4v) is 1.16. The summed E-state index contributed by atoms with van der Waals surface area (Å²) >= 11 is 0. The van der Waals surface area contributed by atoms with Gasteiger partial charge < -0.3 is 9.47 Å². The monoisotopic (exact) mass is 326 g/mol. The highest BCUT2D eigenvalue weighted by Crippen LogP contribution is 1.96. The van der Waals surface area contributed by atoms with E-state index in [4.69, 9.17) is 0 Å². The molecule has 23 heavy (non-hydrogen) atoms. The van der Waals surface area contributed by atoms with Crippen molar-refractivity contribution in [3.05, 3.63) is 35.9 Å². The number of carbonyl (C=O) groups excluding carboxylic acids is 2. The lowest BCUT2D eigenvalue weighted by molar-refractivity contribution is -0.141. The van der Waals surface area contributed by atoms with E-state index in [0.29, 0.717) is 13.2 Å². The molecule has 0 saturated carbocycles. The lowest BCUT2D eigenvalue weighted by Gasteiger charge is -1.93. The first-order valence-electron chi connectivity index (χ1n) is 8.28. The molecular weight excluding hydrogens is 292 g/mol. The standard InChI is InChI=1S/C8H10.C5H10O2.C4H8O2.C2H6/c1-2-8-6-4-3-5-7-8;1-3-4-7-5(2)6;1-3-6-4(2)5;1-2/h3-7H,2H2,1H3;3-4H2,1-2H3;3H2,1-2H3;1-2H3. The molecule has 134 valence electrons. The molecule has 0 fully saturated rings. The molecule has 4 nitrogen and oxygen atoms in total. The molecule has 0 aromatic heterocycles. The molecule has 0 unspecified atom stereocenters. The number of hydrogen-bond donors (Lipinski definition) is 0. The van der Waals surface area contributed by atoms with E-state index in [-0.39, 0.29) is 11.9 Å². The predicted octanol–water partition coefficient (Wildman–Crippen LogP) is 4.80. The van der Waals surface area contributed by atoms with E-state index in [0.717, 1.165) is 12.8 Å². The van der Waals surface area contributed by atoms with Gasteiger partial charge in [-0.3, -0.25) is 9.59 Å². The molecule has 4 heteroatoms. The molecule has 0 bridgehead atoms. The van der Waals surface area contributed by atoms with E-state index < -0.39 is 0 Å². The molecule has 0 radical (unpaired) electrons. The molecule has 1 aromatic rings. The Morgan fingerprint density at radius 3 is 1.52 bits per heavy atom. The minimum absolute atomic E-state index is 0.193. The molecule has 0 N–H and O–H groups in total. The van der Waals surface area contributed by atoms with Gasteiger partial charge >= 0.3 is 11.9 Å². The summed E-state index contributed by atoms with van der Waals surface area (Å²) in [6, 6.07) is 10.5. The quantitative estimate of drug-likeness (QED) is 0.745. The Morgan fingerprint density at radius 1 is 0.870 bits per heavy atom. The maximum Gasteiger partial charge on any atom is 0.302 e. The van der Waals surface area contributed by atoms with Gasteiger partial charge in [-0.25, -0.2) is 0 Å². The summed E-state index contributed by atoms with van der Waals surface area (Å²) in [7, 11) is 0. The van der Waals surface area contributed by atoms with E-state index >= 15 is 0 Å². The third-order valence-electron chi connectivity index (χ3n) is 2.11. The Hall–Kier alpha value is -1.84. The first-order valence-corrected chi connectivity index (χ1v) is 8.28. The summed E-state index contributed by atoms with van der Waals surface area (Å²) in [4.78, 5) is 19.8. The summed E-state index contributed by atoms with van der Waals surface area (Å²) < 4.78 is 8.95. The fraction of sp³-hybridized carbons (Fsp3) is 0.579. The Bertz CT molecular complexity index is 361. The van der Waals surface area contributed by atoms with E-state index in [1.165, 1.54) is 19.4 Å². The zero-order valence-corrected chi connectivity index (χ0v) is 15.8. The summed E-state index contributed by atoms with van der Waals surface area (Å²) in [5.74, 6) is -0.403. The average molecular weight is 326 g/mol. The van der Waals surface area contributed by atoms with Crippen molar-refractivity contribution in [2.75, 3.05) is 13.2 Å². The van der Waals surface area contributed by atoms with Crippen LogP contribution in [0.15, 0.2) is 30.3 Å². The van der Waals surface area contributed by atoms with Gasteiger partial charge in [-0.2, -0.15) is 0 Å². The second kappa shape index (κ2) is 22.4. The SMILES string of the molecule is CC.CCCOC(C)=O.CCOC(C)=O.CCc1ccccc1. The van der Waals surface area contributed by atoms with Crippen LogP contribution in [0.25, 0.3) is 0 Å². The molecule has 0 aliphatic carbocycles. The van der Waals surface area contributed by atoms with Gasteiger partial charge in [0, 0.05) is 13.8 Å². The second-order valence-corrected chi connectivity index (χ2v) is 4.10. The van der Waals surface area contributed by atoms with Crippen LogP contribution in [0.1, 0.15) is 60.5 Å². The molecule has 0 amide bonds. The highest BCUT2D eigenvalue weighted by Gasteiger charge is 1.85. The minimum Gasteiger partial charge on any atom is -0.466 e. The van der Waals surface area contributed by atoms with Gasteiger partial charge in [-0.15, -0.1) is 0 Å². The van der Waals surface area contributed by atoms with Gasteiger partial charge in [0.15, 0.2) is 0 Å². The van der Waals surface area contributed by atoms with Crippen molar-refractivity contribution in [2.24, 2.45) is 0 Å². The largest absolute Gasteiger partial charge is 0.466 e. The molecule has 0 heterocycles. The van der Waals surface area contributed by atoms with Gasteiger partial charge in [0.2, 0.25) is 0 Å². The number of benzene rings is 1. The smallest absolute Gasteiger partial charge is 0.302 e. The third-order valence-corrected chi connectivity index (χ3v) is 2.11. The topological polar surface area (TPSA) is 52.6 Å². The lowest BCUT2D eigenvalue weighted by Crippen LogP contribution is -1.98. The molecule has 1 rings (SSSR count). The third kappa shape index (κ3) is 28.9. The first-order chi connectivity index (χ1) is 11.0. The van der Waals surface area contributed by atoms with Gasteiger partial charge in [-0.1, -0.05) is 58.0 Å². The Labute approximate surface area is 142 Å². The number of esters is 2. The zero-order chi connectivity index (χ0) is 18.5. The molecule has 0 atom stereocenters. The normalized spacial score (nSPS) is 7.96. The van der Waals surface area contributed by atoms with Crippen LogP contribution in [0.3, 0.4) is 0 Å². The Kier molecular flexibility index (Phi) is 25.4. The van der Waals surface area contributed by atoms with Crippen LogP contribution in [0.5, 0.6) is 0 Å². The maximum absolute atomic E-state index is 9.98. The molecule has 0 saturated heterocycles. The van der Waals surface area contributed by atoms with Crippen LogP contribution in [0.2, 0.25) is 0 Å². The molecule has 0 aliphatic heterocycles. The number of ether oxygens (including phenoxy) is 2. The summed E-state index contributed by atoms with van der Waals surface area (Å²) in [6.07, 6.45) is 2.04. The van der Waals surface area contributed by atoms with Crippen molar-refractivity contribution in [1.82, 2.24) is 0 Å². The summed E-state index contributed by atoms with van der Waals surface area (Å²) in [5, 5.41) is 0. The lowest BCUT2D eigenvalue weighted by atomic mass is 10.2. The molecule has 0 aliphatic rings. The van der Waals surface area contributed by atoms with E-state index in [1.807, 2.05) is 26.8 Å². The highest BCUT2D eigenvalue weighted by molar-refractivity contribution is 5.66. The number of hydrogen-bond acceptors (Lipinski definition) is 4. The van der Waals surface area contributed by atoms with Crippen molar-refractivity contribution in [1.29, 1.82) is 0 Å². The second-order valence-electron chi connectivity index (χ2n) is 4.10. The van der Waals surface area contributed by atoms with Crippen LogP contribution in [0, 0.1) is 0 Å². The number of rotatable bonds is 4. The first kappa shape index (κ1) is 26.1. The minimum atomic E-state index is -0.211. The maximum atomic E-state index is 9.98. The van der Waals surface area contributed by atoms with Crippen LogP contribution in [0.4, 0.5) is 0 Å². The van der Waals surface area contributed by atoms with E-state index in [2.05, 4.69) is 40.7 Å². The van der Waals surface area contributed by atoms with Gasteiger partial charge in [0.05, 0.1) is 13.2 Å². The fourth-order valence-electron chi connectivity index (χ4n) is 1.16. The molecule has 1 aromatic carbocycles. The Morgan fingerprint density at radius 2 is 1.35 bits per heavy atom. The van der Waals surface area contributed by atoms with Gasteiger partial charge in [-0.05, 0) is 25.3 Å². The van der Waals surface area contributed by atoms with E-state index in [1.54, 1.807) is 6.92 Å². The summed E-state index contributed by atoms with van der Waals surface area (Å²) in [6.45, 7) is 13.7. The van der Waals surface area contributed by atoms with Crippen molar-refractivity contribution >= 4 is 11.9 Å². The molecule has 0 spiro atoms. The number of carbonyl (C=O) groups is 2. The van der Waals surface area contributed by atoms with Crippen LogP contribution in [-0.4, -0.2) is 25.2 Å². The van der Waals surface area contributed by atoms with Crippen LogP contribution in [-0.2, 0) is 25.5 Å². The summed E-state index contributed by atoms with van der Waals surface area (Å²) in [5.41, 5.74) is 1.41. The predicted molar refractivity (Wildman–Crippen MR) is 96.4 cm³/mol. The van der Waals surface area contributed by atoms with E-state index in [9.17, 15) is 9.59 Å². The van der Waals surface area contributed by atoms with Gasteiger partial charge in [0.1, 0.15) is 0 Å². The molecular formula is C19H34O4. The van der Waals surface area contributed by atoms with Crippen molar-refractivity contribution in [3.8, 4) is 0 Å². The highest BCUT2D eigenvalue weighted by atomic mass is 16.5. The number of aryl methyl sites for hydroxylation is 1. The van der Waals surface area contributed by atoms with Crippen molar-refractivity contribution < 1.29 is 19.1 Å². The van der Waals surface area contributed by atoms with Crippen molar-refractivity contribution in [3.63, 3.8) is 0 Å². The van der Waals surface area contributed by atoms with Crippen LogP contribution < -0.4 is 0 Å². The Balaban J connectivity index is -0.000000250. The average Bonchev–Trinajstić information content (AvgIpc) is 2.56. The van der Waals surface area contributed by atoms with Gasteiger partial charge in [0.25, 0.3) is 0 Å². The van der Waals surface area contributed by atoms with Crippen molar-refractivity contribution in [2.45, 2.75) is 61.3 Å². The van der Waals surface area contributed by atoms with Crippen LogP contribution >= 0.6 is 0 Å².